The Morgan fingerprint density at radius 2 is 2.04 bits per heavy atom. The number of pyridine rings is 1. The summed E-state index contributed by atoms with van der Waals surface area (Å²) < 4.78 is 0. The van der Waals surface area contributed by atoms with Gasteiger partial charge in [-0.3, -0.25) is 14.7 Å². The minimum absolute atomic E-state index is 0.154. The van der Waals surface area contributed by atoms with Crippen LogP contribution in [0.4, 0.5) is 0 Å². The summed E-state index contributed by atoms with van der Waals surface area (Å²) in [5.41, 5.74) is 3.86. The van der Waals surface area contributed by atoms with Crippen LogP contribution in [0.2, 0.25) is 0 Å². The van der Waals surface area contributed by atoms with E-state index in [0.717, 1.165) is 44.6 Å². The molecule has 0 N–H and O–H groups in total. The normalized spacial score (nSPS) is 15.3. The lowest BCUT2D eigenvalue weighted by molar-refractivity contribution is -0.131. The summed E-state index contributed by atoms with van der Waals surface area (Å²) in [6, 6.07) is 12.6. The lowest BCUT2D eigenvalue weighted by Crippen LogP contribution is -2.40. The molecule has 1 aromatic heterocycles. The molecule has 4 heteroatoms. The van der Waals surface area contributed by atoms with Gasteiger partial charge in [-0.2, -0.15) is 0 Å². The molecule has 3 rings (SSSR count). The van der Waals surface area contributed by atoms with Gasteiger partial charge in [0.25, 0.3) is 0 Å². The summed E-state index contributed by atoms with van der Waals surface area (Å²) in [4.78, 5) is 21.3. The minimum atomic E-state index is 0.154. The first-order chi connectivity index (χ1) is 13.7. The highest BCUT2D eigenvalue weighted by molar-refractivity contribution is 5.77. The average Bonchev–Trinajstić information content (AvgIpc) is 2.71. The smallest absolute Gasteiger partial charge is 0.226 e. The Hall–Kier alpha value is -2.46. The number of nitrogens with zero attached hydrogens (tertiary/aromatic N) is 3. The van der Waals surface area contributed by atoms with E-state index < -0.39 is 0 Å². The second-order valence-corrected chi connectivity index (χ2v) is 7.77. The molecule has 0 aliphatic carbocycles. The van der Waals surface area contributed by atoms with E-state index in [2.05, 4.69) is 47.7 Å². The van der Waals surface area contributed by atoms with Crippen LogP contribution in [0.15, 0.2) is 61.4 Å². The molecular formula is C24H31N3O. The third kappa shape index (κ3) is 5.77. The van der Waals surface area contributed by atoms with Gasteiger partial charge in [0.15, 0.2) is 0 Å². The molecule has 148 valence electrons. The summed E-state index contributed by atoms with van der Waals surface area (Å²) >= 11 is 0. The van der Waals surface area contributed by atoms with Gasteiger partial charge in [-0.1, -0.05) is 36.4 Å². The predicted octanol–water partition coefficient (Wildman–Crippen LogP) is 4.21. The van der Waals surface area contributed by atoms with E-state index in [1.165, 1.54) is 11.1 Å². The molecular weight excluding hydrogens is 346 g/mol. The molecule has 4 nitrogen and oxygen atoms in total. The second kappa shape index (κ2) is 10.2. The van der Waals surface area contributed by atoms with Gasteiger partial charge in [0.2, 0.25) is 5.91 Å². The fraction of sp³-hybridized carbons (Fsp3) is 0.417. The van der Waals surface area contributed by atoms with E-state index in [1.807, 2.05) is 23.2 Å². The Labute approximate surface area is 168 Å². The van der Waals surface area contributed by atoms with Gasteiger partial charge in [0.05, 0.1) is 0 Å². The van der Waals surface area contributed by atoms with Crippen molar-refractivity contribution in [3.63, 3.8) is 0 Å². The van der Waals surface area contributed by atoms with Crippen LogP contribution < -0.4 is 0 Å². The third-order valence-corrected chi connectivity index (χ3v) is 5.61. The Balaban J connectivity index is 1.54. The molecule has 1 aromatic carbocycles. The van der Waals surface area contributed by atoms with Crippen molar-refractivity contribution in [1.29, 1.82) is 0 Å². The zero-order chi connectivity index (χ0) is 19.8. The molecule has 0 bridgehead atoms. The zero-order valence-corrected chi connectivity index (χ0v) is 16.9. The topological polar surface area (TPSA) is 36.4 Å². The quantitative estimate of drug-likeness (QED) is 0.647. The molecule has 1 aliphatic heterocycles. The van der Waals surface area contributed by atoms with Gasteiger partial charge < -0.3 is 4.90 Å². The van der Waals surface area contributed by atoms with Crippen LogP contribution in [0.3, 0.4) is 0 Å². The summed E-state index contributed by atoms with van der Waals surface area (Å²) in [6.45, 7) is 10.6. The minimum Gasteiger partial charge on any atom is -0.338 e. The Kier molecular flexibility index (Phi) is 7.38. The Morgan fingerprint density at radius 3 is 2.71 bits per heavy atom. The fourth-order valence-corrected chi connectivity index (χ4v) is 3.89. The first-order valence-corrected chi connectivity index (χ1v) is 10.2. The summed E-state index contributed by atoms with van der Waals surface area (Å²) in [6.07, 6.45) is 7.98. The molecule has 1 fully saturated rings. The largest absolute Gasteiger partial charge is 0.338 e. The lowest BCUT2D eigenvalue weighted by atomic mass is 9.95. The highest BCUT2D eigenvalue weighted by atomic mass is 16.2. The molecule has 0 unspecified atom stereocenters. The van der Waals surface area contributed by atoms with Crippen molar-refractivity contribution in [3.05, 3.63) is 78.1 Å². The maximum absolute atomic E-state index is 12.6. The summed E-state index contributed by atoms with van der Waals surface area (Å²) in [5, 5.41) is 0. The van der Waals surface area contributed by atoms with Gasteiger partial charge in [0, 0.05) is 38.4 Å². The molecule has 0 atom stereocenters. The van der Waals surface area contributed by atoms with Crippen LogP contribution in [0, 0.1) is 12.8 Å². The van der Waals surface area contributed by atoms with Crippen molar-refractivity contribution in [2.24, 2.45) is 5.92 Å². The number of hydrogen-bond donors (Lipinski definition) is 0. The standard InChI is InChI=1S/C24H31N3O/c1-3-7-24(28)27(18-22-9-6-13-25-16-22)17-21-11-14-26(15-12-21)19-23-10-5-4-8-20(23)2/h3-6,8-10,13,16,21H,1,7,11-12,14-15,17-19H2,2H3. The van der Waals surface area contributed by atoms with E-state index in [4.69, 9.17) is 0 Å². The van der Waals surface area contributed by atoms with Crippen molar-refractivity contribution in [3.8, 4) is 0 Å². The summed E-state index contributed by atoms with van der Waals surface area (Å²) in [7, 11) is 0. The van der Waals surface area contributed by atoms with E-state index in [-0.39, 0.29) is 5.91 Å². The number of aromatic nitrogens is 1. The van der Waals surface area contributed by atoms with E-state index in [0.29, 0.717) is 18.9 Å². The molecule has 0 saturated carbocycles. The van der Waals surface area contributed by atoms with Crippen LogP contribution in [0.1, 0.15) is 36.0 Å². The highest BCUT2D eigenvalue weighted by Crippen LogP contribution is 2.22. The maximum atomic E-state index is 12.6. The number of rotatable bonds is 8. The number of carbonyl (C=O) groups is 1. The van der Waals surface area contributed by atoms with Crippen molar-refractivity contribution in [2.45, 2.75) is 39.3 Å². The third-order valence-electron chi connectivity index (χ3n) is 5.61. The molecule has 0 spiro atoms. The monoisotopic (exact) mass is 377 g/mol. The molecule has 2 aromatic rings. The molecule has 1 amide bonds. The van der Waals surface area contributed by atoms with E-state index in [1.54, 1.807) is 12.3 Å². The second-order valence-electron chi connectivity index (χ2n) is 7.77. The van der Waals surface area contributed by atoms with Crippen molar-refractivity contribution in [1.82, 2.24) is 14.8 Å². The van der Waals surface area contributed by atoms with Gasteiger partial charge in [-0.05, 0) is 61.5 Å². The maximum Gasteiger partial charge on any atom is 0.226 e. The molecule has 2 heterocycles. The summed E-state index contributed by atoms with van der Waals surface area (Å²) in [5.74, 6) is 0.708. The van der Waals surface area contributed by atoms with Crippen LogP contribution in [0.5, 0.6) is 0 Å². The molecule has 0 radical (unpaired) electrons. The molecule has 1 saturated heterocycles. The molecule has 1 aliphatic rings. The number of amides is 1. The highest BCUT2D eigenvalue weighted by Gasteiger charge is 2.23. The first kappa shape index (κ1) is 20.3. The van der Waals surface area contributed by atoms with Gasteiger partial charge >= 0.3 is 0 Å². The van der Waals surface area contributed by atoms with Gasteiger partial charge in [-0.15, -0.1) is 6.58 Å². The van der Waals surface area contributed by atoms with Crippen LogP contribution in [0.25, 0.3) is 0 Å². The Bertz CT molecular complexity index is 766. The van der Waals surface area contributed by atoms with E-state index >= 15 is 0 Å². The van der Waals surface area contributed by atoms with Crippen LogP contribution in [-0.4, -0.2) is 40.3 Å². The van der Waals surface area contributed by atoms with Crippen molar-refractivity contribution >= 4 is 5.91 Å². The number of hydrogen-bond acceptors (Lipinski definition) is 3. The van der Waals surface area contributed by atoms with Crippen LogP contribution >= 0.6 is 0 Å². The fourth-order valence-electron chi connectivity index (χ4n) is 3.89. The van der Waals surface area contributed by atoms with Crippen molar-refractivity contribution in [2.75, 3.05) is 19.6 Å². The molecule has 28 heavy (non-hydrogen) atoms. The SMILES string of the molecule is C=CCC(=O)N(Cc1cccnc1)CC1CCN(Cc2ccccc2C)CC1. The Morgan fingerprint density at radius 1 is 1.25 bits per heavy atom. The van der Waals surface area contributed by atoms with Gasteiger partial charge in [0.1, 0.15) is 0 Å². The lowest BCUT2D eigenvalue weighted by Gasteiger charge is -2.35. The number of piperidine rings is 1. The predicted molar refractivity (Wildman–Crippen MR) is 114 cm³/mol. The first-order valence-electron chi connectivity index (χ1n) is 10.2. The van der Waals surface area contributed by atoms with Gasteiger partial charge in [-0.25, -0.2) is 0 Å². The van der Waals surface area contributed by atoms with Crippen molar-refractivity contribution < 1.29 is 4.79 Å². The van der Waals surface area contributed by atoms with Crippen LogP contribution in [-0.2, 0) is 17.9 Å². The number of benzene rings is 1. The zero-order valence-electron chi connectivity index (χ0n) is 16.9. The van der Waals surface area contributed by atoms with E-state index in [9.17, 15) is 4.79 Å². The number of likely N-dealkylation sites (tertiary alicyclic amines) is 1. The number of aryl methyl sites for hydroxylation is 1. The number of carbonyl (C=O) groups excluding carboxylic acids is 1. The average molecular weight is 378 g/mol.